The molecule has 5 nitrogen and oxygen atoms in total. The van der Waals surface area contributed by atoms with Crippen LogP contribution in [0.15, 0.2) is 0 Å². The average molecular weight is 327 g/mol. The number of hydrogen-bond acceptors (Lipinski definition) is 4. The highest BCUT2D eigenvalue weighted by molar-refractivity contribution is 5.80. The number of amides is 1. The van der Waals surface area contributed by atoms with Crippen molar-refractivity contribution >= 4 is 11.9 Å². The molecule has 0 aromatic rings. The van der Waals surface area contributed by atoms with Crippen LogP contribution in [0.25, 0.3) is 0 Å². The van der Waals surface area contributed by atoms with Gasteiger partial charge in [0.2, 0.25) is 5.91 Å². The SMILES string of the molecule is COC(=O)C(C)CN(CCCOC(C)C)C(=O)C1CCCCC1. The normalized spacial score (nSPS) is 17.1. The molecule has 23 heavy (non-hydrogen) atoms. The molecule has 0 radical (unpaired) electrons. The van der Waals surface area contributed by atoms with E-state index >= 15 is 0 Å². The van der Waals surface area contributed by atoms with Gasteiger partial charge in [-0.25, -0.2) is 0 Å². The first kappa shape index (κ1) is 19.9. The number of nitrogens with zero attached hydrogens (tertiary/aromatic N) is 1. The van der Waals surface area contributed by atoms with Crippen LogP contribution in [-0.2, 0) is 19.1 Å². The molecule has 0 aromatic heterocycles. The summed E-state index contributed by atoms with van der Waals surface area (Å²) in [6.45, 7) is 7.54. The molecule has 1 aliphatic carbocycles. The Morgan fingerprint density at radius 3 is 2.35 bits per heavy atom. The van der Waals surface area contributed by atoms with Crippen molar-refractivity contribution in [3.8, 4) is 0 Å². The topological polar surface area (TPSA) is 55.8 Å². The van der Waals surface area contributed by atoms with E-state index in [1.165, 1.54) is 13.5 Å². The van der Waals surface area contributed by atoms with Gasteiger partial charge in [-0.3, -0.25) is 9.59 Å². The second-order valence-electron chi connectivity index (χ2n) is 6.82. The molecule has 0 aromatic carbocycles. The predicted octanol–water partition coefficient (Wildman–Crippen LogP) is 3.02. The van der Waals surface area contributed by atoms with Crippen molar-refractivity contribution in [2.24, 2.45) is 11.8 Å². The van der Waals surface area contributed by atoms with Gasteiger partial charge in [0.25, 0.3) is 0 Å². The van der Waals surface area contributed by atoms with Crippen LogP contribution in [0.2, 0.25) is 0 Å². The number of methoxy groups -OCH3 is 1. The van der Waals surface area contributed by atoms with E-state index in [4.69, 9.17) is 9.47 Å². The van der Waals surface area contributed by atoms with Crippen molar-refractivity contribution in [1.29, 1.82) is 0 Å². The predicted molar refractivity (Wildman–Crippen MR) is 90.0 cm³/mol. The van der Waals surface area contributed by atoms with Crippen molar-refractivity contribution in [2.45, 2.75) is 65.4 Å². The molecule has 1 fully saturated rings. The summed E-state index contributed by atoms with van der Waals surface area (Å²) in [5, 5.41) is 0. The molecule has 0 spiro atoms. The van der Waals surface area contributed by atoms with Crippen LogP contribution in [0.4, 0.5) is 0 Å². The summed E-state index contributed by atoms with van der Waals surface area (Å²) in [5.41, 5.74) is 0. The van der Waals surface area contributed by atoms with Crippen LogP contribution in [-0.4, -0.2) is 49.7 Å². The number of esters is 1. The third-order valence-electron chi connectivity index (χ3n) is 4.39. The third kappa shape index (κ3) is 7.34. The van der Waals surface area contributed by atoms with E-state index in [9.17, 15) is 9.59 Å². The molecule has 0 N–H and O–H groups in total. The van der Waals surface area contributed by atoms with E-state index in [0.29, 0.717) is 19.7 Å². The Labute approximate surface area is 140 Å². The molecule has 1 saturated carbocycles. The summed E-state index contributed by atoms with van der Waals surface area (Å²) in [6, 6.07) is 0. The zero-order chi connectivity index (χ0) is 17.2. The van der Waals surface area contributed by atoms with Crippen molar-refractivity contribution in [1.82, 2.24) is 4.90 Å². The Morgan fingerprint density at radius 1 is 1.13 bits per heavy atom. The Bertz CT molecular complexity index is 364. The van der Waals surface area contributed by atoms with Crippen LogP contribution >= 0.6 is 0 Å². The maximum Gasteiger partial charge on any atom is 0.310 e. The molecule has 5 heteroatoms. The standard InChI is InChI=1S/C18H33NO4/c1-14(2)23-12-8-11-19(13-15(3)18(21)22-4)17(20)16-9-6-5-7-10-16/h14-16H,5-13H2,1-4H3. The summed E-state index contributed by atoms with van der Waals surface area (Å²) in [7, 11) is 1.39. The second-order valence-corrected chi connectivity index (χ2v) is 6.82. The maximum atomic E-state index is 12.8. The van der Waals surface area contributed by atoms with Gasteiger partial charge < -0.3 is 14.4 Å². The molecule has 1 aliphatic rings. The fourth-order valence-corrected chi connectivity index (χ4v) is 3.08. The summed E-state index contributed by atoms with van der Waals surface area (Å²) in [5.74, 6) is -0.229. The highest BCUT2D eigenvalue weighted by Gasteiger charge is 2.28. The smallest absolute Gasteiger partial charge is 0.310 e. The summed E-state index contributed by atoms with van der Waals surface area (Å²) in [6.07, 6.45) is 6.44. The molecule has 0 bridgehead atoms. The lowest BCUT2D eigenvalue weighted by Crippen LogP contribution is -2.42. The van der Waals surface area contributed by atoms with E-state index in [2.05, 4.69) is 0 Å². The van der Waals surface area contributed by atoms with Crippen molar-refractivity contribution in [3.63, 3.8) is 0 Å². The quantitative estimate of drug-likeness (QED) is 0.482. The first-order valence-electron chi connectivity index (χ1n) is 8.94. The molecule has 0 aliphatic heterocycles. The Balaban J connectivity index is 2.58. The van der Waals surface area contributed by atoms with Crippen LogP contribution in [0.3, 0.4) is 0 Å². The number of carbonyl (C=O) groups excluding carboxylic acids is 2. The number of hydrogen-bond donors (Lipinski definition) is 0. The van der Waals surface area contributed by atoms with Gasteiger partial charge in [-0.2, -0.15) is 0 Å². The van der Waals surface area contributed by atoms with Gasteiger partial charge in [-0.15, -0.1) is 0 Å². The van der Waals surface area contributed by atoms with Crippen LogP contribution < -0.4 is 0 Å². The molecule has 1 amide bonds. The van der Waals surface area contributed by atoms with Crippen LogP contribution in [0.5, 0.6) is 0 Å². The zero-order valence-electron chi connectivity index (χ0n) is 15.2. The van der Waals surface area contributed by atoms with Gasteiger partial charge in [0.15, 0.2) is 0 Å². The average Bonchev–Trinajstić information content (AvgIpc) is 2.56. The minimum absolute atomic E-state index is 0.125. The van der Waals surface area contributed by atoms with Gasteiger partial charge in [-0.05, 0) is 33.1 Å². The van der Waals surface area contributed by atoms with E-state index in [-0.39, 0.29) is 29.8 Å². The lowest BCUT2D eigenvalue weighted by molar-refractivity contribution is -0.147. The zero-order valence-corrected chi connectivity index (χ0v) is 15.2. The molecule has 1 unspecified atom stereocenters. The highest BCUT2D eigenvalue weighted by Crippen LogP contribution is 2.26. The largest absolute Gasteiger partial charge is 0.469 e. The van der Waals surface area contributed by atoms with Gasteiger partial charge in [0.1, 0.15) is 0 Å². The van der Waals surface area contributed by atoms with Gasteiger partial charge >= 0.3 is 5.97 Å². The molecule has 1 rings (SSSR count). The lowest BCUT2D eigenvalue weighted by atomic mass is 9.88. The van der Waals surface area contributed by atoms with Crippen molar-refractivity contribution in [2.75, 3.05) is 26.8 Å². The third-order valence-corrected chi connectivity index (χ3v) is 4.39. The Hall–Kier alpha value is -1.10. The molecule has 0 heterocycles. The fourth-order valence-electron chi connectivity index (χ4n) is 3.08. The second kappa shape index (κ2) is 10.6. The fraction of sp³-hybridized carbons (Fsp3) is 0.889. The van der Waals surface area contributed by atoms with Crippen LogP contribution in [0.1, 0.15) is 59.3 Å². The molecule has 1 atom stereocenters. The highest BCUT2D eigenvalue weighted by atomic mass is 16.5. The van der Waals surface area contributed by atoms with Gasteiger partial charge in [-0.1, -0.05) is 26.2 Å². The monoisotopic (exact) mass is 327 g/mol. The maximum absolute atomic E-state index is 12.8. The van der Waals surface area contributed by atoms with Gasteiger partial charge in [0.05, 0.1) is 19.1 Å². The summed E-state index contributed by atoms with van der Waals surface area (Å²) in [4.78, 5) is 26.3. The minimum atomic E-state index is -0.293. The van der Waals surface area contributed by atoms with Crippen molar-refractivity contribution in [3.05, 3.63) is 0 Å². The van der Waals surface area contributed by atoms with Crippen LogP contribution in [0, 0.1) is 11.8 Å². The van der Waals surface area contributed by atoms with E-state index in [0.717, 1.165) is 32.1 Å². The first-order valence-corrected chi connectivity index (χ1v) is 8.94. The first-order chi connectivity index (χ1) is 11.0. The molecule has 0 saturated heterocycles. The Morgan fingerprint density at radius 2 is 1.78 bits per heavy atom. The van der Waals surface area contributed by atoms with Gasteiger partial charge in [0, 0.05) is 25.6 Å². The summed E-state index contributed by atoms with van der Waals surface area (Å²) < 4.78 is 10.4. The lowest BCUT2D eigenvalue weighted by Gasteiger charge is -2.30. The van der Waals surface area contributed by atoms with E-state index in [1.54, 1.807) is 0 Å². The van der Waals surface area contributed by atoms with E-state index in [1.807, 2.05) is 25.7 Å². The molecular formula is C18H33NO4. The molecule has 134 valence electrons. The number of carbonyl (C=O) groups is 2. The number of ether oxygens (including phenoxy) is 2. The number of rotatable bonds is 9. The van der Waals surface area contributed by atoms with Crippen molar-refractivity contribution < 1.29 is 19.1 Å². The molecular weight excluding hydrogens is 294 g/mol. The van der Waals surface area contributed by atoms with E-state index < -0.39 is 0 Å². The minimum Gasteiger partial charge on any atom is -0.469 e. The summed E-state index contributed by atoms with van der Waals surface area (Å²) >= 11 is 0. The Kier molecular flexibility index (Phi) is 9.22.